The van der Waals surface area contributed by atoms with Crippen LogP contribution in [0.2, 0.25) is 5.02 Å². The topological polar surface area (TPSA) is 55.8 Å². The van der Waals surface area contributed by atoms with Crippen LogP contribution in [-0.4, -0.2) is 36.3 Å². The average molecular weight is 468 g/mol. The van der Waals surface area contributed by atoms with Crippen LogP contribution in [0.4, 0.5) is 4.79 Å². The van der Waals surface area contributed by atoms with Crippen molar-refractivity contribution >= 4 is 51.4 Å². The maximum absolute atomic E-state index is 12.9. The number of carbonyl (C=O) groups is 2. The molecule has 2 amide bonds. The Balaban J connectivity index is 1.67. The van der Waals surface area contributed by atoms with E-state index < -0.39 is 0 Å². The minimum Gasteiger partial charge on any atom is -0.488 e. The van der Waals surface area contributed by atoms with Crippen molar-refractivity contribution in [3.8, 4) is 5.75 Å². The van der Waals surface area contributed by atoms with Gasteiger partial charge in [0, 0.05) is 36.4 Å². The highest BCUT2D eigenvalue weighted by Gasteiger charge is 2.34. The summed E-state index contributed by atoms with van der Waals surface area (Å²) >= 11 is 7.22. The molecule has 7 heteroatoms. The Labute approximate surface area is 195 Å². The average Bonchev–Trinajstić information content (AvgIpc) is 3.07. The summed E-state index contributed by atoms with van der Waals surface area (Å²) in [6, 6.07) is 19.2. The van der Waals surface area contributed by atoms with Gasteiger partial charge in [0.1, 0.15) is 12.4 Å². The molecule has 0 unspecified atom stereocenters. The van der Waals surface area contributed by atoms with E-state index in [-0.39, 0.29) is 17.8 Å². The summed E-state index contributed by atoms with van der Waals surface area (Å²) in [6.07, 6.45) is 2.35. The summed E-state index contributed by atoms with van der Waals surface area (Å²) in [5.41, 5.74) is 1.63. The first-order chi connectivity index (χ1) is 15.6. The van der Waals surface area contributed by atoms with Gasteiger partial charge in [-0.1, -0.05) is 60.1 Å². The van der Waals surface area contributed by atoms with Gasteiger partial charge in [-0.05, 0) is 47.2 Å². The Kier molecular flexibility index (Phi) is 7.15. The molecule has 3 aromatic carbocycles. The van der Waals surface area contributed by atoms with Gasteiger partial charge in [-0.25, -0.2) is 0 Å². The molecule has 1 aliphatic heterocycles. The number of amides is 2. The third kappa shape index (κ3) is 4.83. The fourth-order valence-electron chi connectivity index (χ4n) is 3.51. The maximum atomic E-state index is 12.9. The molecule has 1 fully saturated rings. The van der Waals surface area contributed by atoms with Crippen LogP contribution < -0.4 is 4.74 Å². The fourth-order valence-corrected chi connectivity index (χ4v) is 4.55. The van der Waals surface area contributed by atoms with Crippen molar-refractivity contribution in [3.63, 3.8) is 0 Å². The predicted molar refractivity (Wildman–Crippen MR) is 129 cm³/mol. The van der Waals surface area contributed by atoms with Crippen molar-refractivity contribution in [3.05, 3.63) is 81.7 Å². The number of methoxy groups -OCH3 is 1. The summed E-state index contributed by atoms with van der Waals surface area (Å²) < 4.78 is 11.2. The minimum absolute atomic E-state index is 0.267. The smallest absolute Gasteiger partial charge is 0.293 e. The highest BCUT2D eigenvalue weighted by atomic mass is 35.5. The monoisotopic (exact) mass is 467 g/mol. The summed E-state index contributed by atoms with van der Waals surface area (Å²) in [4.78, 5) is 27.0. The number of fused-ring (bicyclic) bond motifs is 1. The Morgan fingerprint density at radius 3 is 2.62 bits per heavy atom. The second kappa shape index (κ2) is 10.2. The second-order valence-electron chi connectivity index (χ2n) is 7.26. The first-order valence-corrected chi connectivity index (χ1v) is 11.4. The molecule has 0 saturated carbocycles. The van der Waals surface area contributed by atoms with Gasteiger partial charge in [0.15, 0.2) is 0 Å². The van der Waals surface area contributed by atoms with E-state index in [4.69, 9.17) is 21.1 Å². The quantitative estimate of drug-likeness (QED) is 0.294. The van der Waals surface area contributed by atoms with Gasteiger partial charge < -0.3 is 9.47 Å². The van der Waals surface area contributed by atoms with Crippen molar-refractivity contribution in [2.24, 2.45) is 0 Å². The number of carbonyl (C=O) groups excluding carboxylic acids is 2. The van der Waals surface area contributed by atoms with Crippen molar-refractivity contribution in [2.75, 3.05) is 20.3 Å². The fraction of sp³-hybridized carbons (Fsp3) is 0.200. The number of ether oxygens (including phenoxy) is 2. The molecule has 3 aromatic rings. The molecule has 0 atom stereocenters. The standard InChI is InChI=1S/C25H22ClNO4S/c1-30-14-6-13-27-24(28)23(32-25(27)29)15-20-19-9-4-2-7-17(19)11-12-22(20)31-16-18-8-3-5-10-21(18)26/h2-5,7-12,15H,6,13-14,16H2,1H3/b23-15+. The van der Waals surface area contributed by atoms with Crippen LogP contribution in [0.3, 0.4) is 0 Å². The van der Waals surface area contributed by atoms with Gasteiger partial charge in [-0.3, -0.25) is 14.5 Å². The molecule has 1 saturated heterocycles. The summed E-state index contributed by atoms with van der Waals surface area (Å²) in [6.45, 7) is 1.11. The van der Waals surface area contributed by atoms with E-state index in [1.807, 2.05) is 60.7 Å². The molecule has 0 N–H and O–H groups in total. The van der Waals surface area contributed by atoms with Crippen LogP contribution in [0.1, 0.15) is 17.5 Å². The number of hydrogen-bond donors (Lipinski definition) is 0. The molecule has 1 aliphatic rings. The zero-order valence-corrected chi connectivity index (χ0v) is 19.1. The highest BCUT2D eigenvalue weighted by Crippen LogP contribution is 2.37. The van der Waals surface area contributed by atoms with Crippen LogP contribution in [0.15, 0.2) is 65.6 Å². The lowest BCUT2D eigenvalue weighted by Crippen LogP contribution is -2.29. The molecule has 32 heavy (non-hydrogen) atoms. The normalized spacial score (nSPS) is 15.2. The first-order valence-electron chi connectivity index (χ1n) is 10.2. The number of hydrogen-bond acceptors (Lipinski definition) is 5. The number of imide groups is 1. The van der Waals surface area contributed by atoms with E-state index in [0.717, 1.165) is 33.7 Å². The van der Waals surface area contributed by atoms with Gasteiger partial charge in [-0.15, -0.1) is 0 Å². The van der Waals surface area contributed by atoms with Crippen molar-refractivity contribution in [1.29, 1.82) is 0 Å². The molecule has 4 rings (SSSR count). The Bertz CT molecular complexity index is 1190. The van der Waals surface area contributed by atoms with E-state index in [1.54, 1.807) is 13.2 Å². The molecule has 0 radical (unpaired) electrons. The van der Waals surface area contributed by atoms with E-state index in [9.17, 15) is 9.59 Å². The summed E-state index contributed by atoms with van der Waals surface area (Å²) in [5, 5.41) is 2.32. The van der Waals surface area contributed by atoms with Gasteiger partial charge in [0.2, 0.25) is 0 Å². The lowest BCUT2D eigenvalue weighted by atomic mass is 10.0. The van der Waals surface area contributed by atoms with Crippen molar-refractivity contribution in [2.45, 2.75) is 13.0 Å². The SMILES string of the molecule is COCCCN1C(=O)S/C(=C/c2c(OCc3ccccc3Cl)ccc3ccccc23)C1=O. The van der Waals surface area contributed by atoms with Crippen molar-refractivity contribution in [1.82, 2.24) is 4.90 Å². The zero-order valence-electron chi connectivity index (χ0n) is 17.5. The molecule has 164 valence electrons. The third-order valence-electron chi connectivity index (χ3n) is 5.15. The Morgan fingerprint density at radius 1 is 1.03 bits per heavy atom. The summed E-state index contributed by atoms with van der Waals surface area (Å²) in [5.74, 6) is 0.330. The first kappa shape index (κ1) is 22.4. The Hall–Kier alpha value is -2.80. The lowest BCUT2D eigenvalue weighted by molar-refractivity contribution is -0.122. The number of rotatable bonds is 8. The van der Waals surface area contributed by atoms with E-state index >= 15 is 0 Å². The van der Waals surface area contributed by atoms with Crippen molar-refractivity contribution < 1.29 is 19.1 Å². The molecule has 0 spiro atoms. The maximum Gasteiger partial charge on any atom is 0.293 e. The van der Waals surface area contributed by atoms with Crippen LogP contribution in [0.5, 0.6) is 5.75 Å². The highest BCUT2D eigenvalue weighted by molar-refractivity contribution is 8.18. The predicted octanol–water partition coefficient (Wildman–Crippen LogP) is 6.15. The Morgan fingerprint density at radius 2 is 1.81 bits per heavy atom. The molecular formula is C25H22ClNO4S. The number of nitrogens with zero attached hydrogens (tertiary/aromatic N) is 1. The van der Waals surface area contributed by atoms with Gasteiger partial charge >= 0.3 is 0 Å². The molecule has 0 bridgehead atoms. The summed E-state index contributed by atoms with van der Waals surface area (Å²) in [7, 11) is 1.60. The largest absolute Gasteiger partial charge is 0.488 e. The van der Waals surface area contributed by atoms with Gasteiger partial charge in [0.25, 0.3) is 11.1 Å². The second-order valence-corrected chi connectivity index (χ2v) is 8.66. The van der Waals surface area contributed by atoms with E-state index in [0.29, 0.717) is 35.2 Å². The molecule has 1 heterocycles. The van der Waals surface area contributed by atoms with Gasteiger partial charge in [-0.2, -0.15) is 0 Å². The molecular weight excluding hydrogens is 446 g/mol. The number of benzene rings is 3. The van der Waals surface area contributed by atoms with Crippen LogP contribution in [-0.2, 0) is 16.1 Å². The lowest BCUT2D eigenvalue weighted by Gasteiger charge is -2.14. The minimum atomic E-state index is -0.291. The van der Waals surface area contributed by atoms with E-state index in [2.05, 4.69) is 0 Å². The van der Waals surface area contributed by atoms with E-state index in [1.165, 1.54) is 4.90 Å². The van der Waals surface area contributed by atoms with Crippen LogP contribution >= 0.6 is 23.4 Å². The third-order valence-corrected chi connectivity index (χ3v) is 6.43. The molecule has 5 nitrogen and oxygen atoms in total. The molecule has 0 aromatic heterocycles. The number of halogens is 1. The molecule has 0 aliphatic carbocycles. The number of thioether (sulfide) groups is 1. The van der Waals surface area contributed by atoms with Crippen LogP contribution in [0.25, 0.3) is 16.8 Å². The van der Waals surface area contributed by atoms with Gasteiger partial charge in [0.05, 0.1) is 4.91 Å². The zero-order chi connectivity index (χ0) is 22.5. The van der Waals surface area contributed by atoms with Crippen LogP contribution in [0, 0.1) is 0 Å².